The molecule has 6 nitrogen and oxygen atoms in total. The minimum Gasteiger partial charge on any atom is -0.481 e. The van der Waals surface area contributed by atoms with Gasteiger partial charge in [-0.05, 0) is 24.7 Å². The second-order valence-corrected chi connectivity index (χ2v) is 8.20. The summed E-state index contributed by atoms with van der Waals surface area (Å²) in [5.41, 5.74) is -0.850. The van der Waals surface area contributed by atoms with Crippen LogP contribution in [0.2, 0.25) is 0 Å². The van der Waals surface area contributed by atoms with E-state index in [9.17, 15) is 18.3 Å². The summed E-state index contributed by atoms with van der Waals surface area (Å²) in [6.07, 6.45) is 2.28. The molecule has 0 bridgehead atoms. The van der Waals surface area contributed by atoms with Gasteiger partial charge >= 0.3 is 5.97 Å². The number of hydrogen-bond acceptors (Lipinski definition) is 4. The van der Waals surface area contributed by atoms with E-state index in [2.05, 4.69) is 0 Å². The van der Waals surface area contributed by atoms with Gasteiger partial charge < -0.3 is 9.84 Å². The third-order valence-corrected chi connectivity index (χ3v) is 6.66. The summed E-state index contributed by atoms with van der Waals surface area (Å²) in [5, 5.41) is 9.48. The largest absolute Gasteiger partial charge is 0.481 e. The van der Waals surface area contributed by atoms with E-state index in [0.717, 1.165) is 12.8 Å². The Morgan fingerprint density at radius 1 is 1.55 bits per heavy atom. The molecule has 0 aromatic heterocycles. The maximum absolute atomic E-state index is 12.4. The van der Waals surface area contributed by atoms with E-state index in [1.807, 2.05) is 6.92 Å². The number of methoxy groups -OCH3 is 1. The van der Waals surface area contributed by atoms with Crippen molar-refractivity contribution in [3.05, 3.63) is 0 Å². The molecule has 20 heavy (non-hydrogen) atoms. The van der Waals surface area contributed by atoms with Crippen LogP contribution in [0.15, 0.2) is 0 Å². The average molecular weight is 305 g/mol. The molecule has 0 aromatic carbocycles. The van der Waals surface area contributed by atoms with E-state index < -0.39 is 21.4 Å². The maximum atomic E-state index is 12.4. The van der Waals surface area contributed by atoms with Crippen LogP contribution in [0.25, 0.3) is 0 Å². The zero-order valence-electron chi connectivity index (χ0n) is 12.0. The second kappa shape index (κ2) is 5.61. The summed E-state index contributed by atoms with van der Waals surface area (Å²) in [4.78, 5) is 11.6. The van der Waals surface area contributed by atoms with Crippen molar-refractivity contribution in [3.63, 3.8) is 0 Å². The molecule has 0 spiro atoms. The molecule has 1 N–H and O–H groups in total. The first-order valence-electron chi connectivity index (χ1n) is 7.02. The van der Waals surface area contributed by atoms with Gasteiger partial charge in [0.25, 0.3) is 0 Å². The van der Waals surface area contributed by atoms with Crippen molar-refractivity contribution < 1.29 is 23.1 Å². The molecule has 3 atom stereocenters. The Balaban J connectivity index is 2.10. The van der Waals surface area contributed by atoms with Gasteiger partial charge in [0, 0.05) is 26.8 Å². The summed E-state index contributed by atoms with van der Waals surface area (Å²) < 4.78 is 31.1. The predicted octanol–water partition coefficient (Wildman–Crippen LogP) is 0.785. The van der Waals surface area contributed by atoms with E-state index >= 15 is 0 Å². The predicted molar refractivity (Wildman–Crippen MR) is 73.8 cm³/mol. The normalized spacial score (nSPS) is 32.2. The lowest BCUT2D eigenvalue weighted by Crippen LogP contribution is -2.38. The lowest BCUT2D eigenvalue weighted by molar-refractivity contribution is -0.149. The van der Waals surface area contributed by atoms with Gasteiger partial charge in [-0.3, -0.25) is 4.79 Å². The van der Waals surface area contributed by atoms with Gasteiger partial charge in [0.05, 0.1) is 11.2 Å². The van der Waals surface area contributed by atoms with Crippen LogP contribution in [0.1, 0.15) is 26.2 Å². The van der Waals surface area contributed by atoms with E-state index in [4.69, 9.17) is 4.74 Å². The van der Waals surface area contributed by atoms with Crippen molar-refractivity contribution in [1.29, 1.82) is 0 Å². The van der Waals surface area contributed by atoms with Crippen molar-refractivity contribution in [3.8, 4) is 0 Å². The molecule has 2 aliphatic rings. The Morgan fingerprint density at radius 3 is 2.80 bits per heavy atom. The van der Waals surface area contributed by atoms with E-state index in [1.54, 1.807) is 7.11 Å². The first-order valence-corrected chi connectivity index (χ1v) is 8.63. The highest BCUT2D eigenvalue weighted by Gasteiger charge is 2.57. The van der Waals surface area contributed by atoms with Crippen molar-refractivity contribution >= 4 is 16.0 Å². The highest BCUT2D eigenvalue weighted by molar-refractivity contribution is 7.89. The molecule has 0 amide bonds. The van der Waals surface area contributed by atoms with Gasteiger partial charge in [0.2, 0.25) is 10.0 Å². The highest BCUT2D eigenvalue weighted by atomic mass is 32.2. The quantitative estimate of drug-likeness (QED) is 0.784. The summed E-state index contributed by atoms with van der Waals surface area (Å²) in [6, 6.07) is 0. The lowest BCUT2D eigenvalue weighted by atomic mass is 9.81. The van der Waals surface area contributed by atoms with Crippen molar-refractivity contribution in [2.75, 3.05) is 32.6 Å². The van der Waals surface area contributed by atoms with Gasteiger partial charge in [-0.1, -0.05) is 13.3 Å². The van der Waals surface area contributed by atoms with Gasteiger partial charge in [-0.15, -0.1) is 0 Å². The fourth-order valence-electron chi connectivity index (χ4n) is 3.60. The molecule has 1 saturated carbocycles. The molecule has 2 fully saturated rings. The number of carbonyl (C=O) groups is 1. The SMILES string of the molecule is COCC(C)CS(=O)(=O)N1C[C@@H]2CCC[C@@]2(C(=O)O)C1. The molecule has 1 aliphatic heterocycles. The van der Waals surface area contributed by atoms with Crippen LogP contribution in [-0.4, -0.2) is 56.4 Å². The number of hydrogen-bond donors (Lipinski definition) is 1. The van der Waals surface area contributed by atoms with E-state index in [-0.39, 0.29) is 24.1 Å². The molecule has 1 unspecified atom stereocenters. The summed E-state index contributed by atoms with van der Waals surface area (Å²) in [5.74, 6) is -0.954. The third kappa shape index (κ3) is 2.71. The molecule has 2 rings (SSSR count). The standard InChI is InChI=1S/C13H23NO5S/c1-10(7-19-2)8-20(17,18)14-6-11-4-3-5-13(11,9-14)12(15)16/h10-11H,3-9H2,1-2H3,(H,15,16)/t10?,11-,13+/m0/s1. The molecule has 7 heteroatoms. The van der Waals surface area contributed by atoms with E-state index in [0.29, 0.717) is 19.6 Å². The van der Waals surface area contributed by atoms with Crippen LogP contribution in [0, 0.1) is 17.3 Å². The first kappa shape index (κ1) is 15.7. The number of carboxylic acids is 1. The monoisotopic (exact) mass is 305 g/mol. The Kier molecular flexibility index (Phi) is 4.41. The summed E-state index contributed by atoms with van der Waals surface area (Å²) in [6.45, 7) is 2.70. The number of ether oxygens (including phenoxy) is 1. The Labute approximate surface area is 120 Å². The minimum atomic E-state index is -3.41. The van der Waals surface area contributed by atoms with Gasteiger partial charge in [-0.2, -0.15) is 0 Å². The highest BCUT2D eigenvalue weighted by Crippen LogP contribution is 2.49. The zero-order chi connectivity index (χ0) is 15.0. The van der Waals surface area contributed by atoms with Crippen LogP contribution >= 0.6 is 0 Å². The molecular weight excluding hydrogens is 282 g/mol. The van der Waals surface area contributed by atoms with Crippen LogP contribution < -0.4 is 0 Å². The van der Waals surface area contributed by atoms with Crippen LogP contribution in [0.5, 0.6) is 0 Å². The fourth-order valence-corrected chi connectivity index (χ4v) is 5.46. The van der Waals surface area contributed by atoms with Crippen molar-refractivity contribution in [1.82, 2.24) is 4.31 Å². The number of nitrogens with zero attached hydrogens (tertiary/aromatic N) is 1. The van der Waals surface area contributed by atoms with Gasteiger partial charge in [0.15, 0.2) is 0 Å². The molecule has 0 radical (unpaired) electrons. The van der Waals surface area contributed by atoms with Gasteiger partial charge in [0.1, 0.15) is 0 Å². The van der Waals surface area contributed by atoms with Crippen LogP contribution in [0.3, 0.4) is 0 Å². The number of rotatable bonds is 6. The second-order valence-electron chi connectivity index (χ2n) is 6.18. The van der Waals surface area contributed by atoms with Crippen molar-refractivity contribution in [2.45, 2.75) is 26.2 Å². The Bertz CT molecular complexity index is 477. The zero-order valence-corrected chi connectivity index (χ0v) is 12.9. The fraction of sp³-hybridized carbons (Fsp3) is 0.923. The maximum Gasteiger partial charge on any atom is 0.311 e. The Hall–Kier alpha value is -0.660. The van der Waals surface area contributed by atoms with Crippen molar-refractivity contribution in [2.24, 2.45) is 17.3 Å². The smallest absolute Gasteiger partial charge is 0.311 e. The number of carboxylic acid groups (broad SMARTS) is 1. The van der Waals surface area contributed by atoms with E-state index in [1.165, 1.54) is 4.31 Å². The number of aliphatic carboxylic acids is 1. The summed E-state index contributed by atoms with van der Waals surface area (Å²) >= 11 is 0. The molecule has 1 heterocycles. The minimum absolute atomic E-state index is 0.0171. The lowest BCUT2D eigenvalue weighted by Gasteiger charge is -2.23. The molecule has 0 aromatic rings. The number of sulfonamides is 1. The third-order valence-electron chi connectivity index (χ3n) is 4.61. The molecular formula is C13H23NO5S. The first-order chi connectivity index (χ1) is 9.32. The topological polar surface area (TPSA) is 83.9 Å². The summed E-state index contributed by atoms with van der Waals surface area (Å²) in [7, 11) is -1.86. The molecule has 1 saturated heterocycles. The average Bonchev–Trinajstić information content (AvgIpc) is 2.84. The van der Waals surface area contributed by atoms with Crippen LogP contribution in [-0.2, 0) is 19.6 Å². The van der Waals surface area contributed by atoms with Crippen LogP contribution in [0.4, 0.5) is 0 Å². The molecule has 1 aliphatic carbocycles. The number of fused-ring (bicyclic) bond motifs is 1. The molecule has 116 valence electrons. The van der Waals surface area contributed by atoms with Gasteiger partial charge in [-0.25, -0.2) is 12.7 Å². The Morgan fingerprint density at radius 2 is 2.25 bits per heavy atom.